The first kappa shape index (κ1) is 24.4. The number of halogens is 1. The van der Waals surface area contributed by atoms with Crippen molar-refractivity contribution in [1.29, 1.82) is 0 Å². The van der Waals surface area contributed by atoms with Gasteiger partial charge in [-0.1, -0.05) is 36.0 Å². The fourth-order valence-corrected chi connectivity index (χ4v) is 4.72. The minimum absolute atomic E-state index is 0.0777. The minimum atomic E-state index is -0.756. The number of carbonyl (C=O) groups is 3. The van der Waals surface area contributed by atoms with Crippen LogP contribution in [0.2, 0.25) is 0 Å². The number of aliphatic imine (C=N–C) groups is 2. The van der Waals surface area contributed by atoms with Gasteiger partial charge >= 0.3 is 0 Å². The van der Waals surface area contributed by atoms with Crippen molar-refractivity contribution < 1.29 is 23.2 Å². The average Bonchev–Trinajstić information content (AvgIpc) is 3.54. The molecular weight excluding hydrogens is 497 g/mol. The lowest BCUT2D eigenvalue weighted by Crippen LogP contribution is -2.41. The van der Waals surface area contributed by atoms with Gasteiger partial charge in [0.15, 0.2) is 5.17 Å². The summed E-state index contributed by atoms with van der Waals surface area (Å²) in [6.45, 7) is 0.265. The van der Waals surface area contributed by atoms with Crippen LogP contribution in [0.3, 0.4) is 0 Å². The molecule has 3 amide bonds. The number of benzene rings is 2. The van der Waals surface area contributed by atoms with Crippen LogP contribution in [-0.4, -0.2) is 45.4 Å². The van der Waals surface area contributed by atoms with Gasteiger partial charge in [-0.2, -0.15) is 0 Å². The van der Waals surface area contributed by atoms with Gasteiger partial charge in [0, 0.05) is 12.0 Å². The number of furan rings is 1. The van der Waals surface area contributed by atoms with E-state index in [-0.39, 0.29) is 42.6 Å². The molecule has 2 aromatic carbocycles. The van der Waals surface area contributed by atoms with Crippen molar-refractivity contribution in [1.82, 2.24) is 10.2 Å². The number of hydrogen-bond donors (Lipinski definition) is 2. The van der Waals surface area contributed by atoms with Gasteiger partial charge in [-0.05, 0) is 42.8 Å². The zero-order chi connectivity index (χ0) is 25.8. The maximum absolute atomic E-state index is 13.9. The van der Waals surface area contributed by atoms with Gasteiger partial charge in [0.05, 0.1) is 29.9 Å². The highest BCUT2D eigenvalue weighted by molar-refractivity contribution is 8.14. The second kappa shape index (κ2) is 10.8. The number of amidine groups is 2. The highest BCUT2D eigenvalue weighted by Crippen LogP contribution is 2.34. The highest BCUT2D eigenvalue weighted by atomic mass is 32.2. The van der Waals surface area contributed by atoms with E-state index in [0.717, 1.165) is 11.8 Å². The zero-order valence-electron chi connectivity index (χ0n) is 19.5. The lowest BCUT2D eigenvalue weighted by Gasteiger charge is -2.25. The van der Waals surface area contributed by atoms with Crippen LogP contribution in [0, 0.1) is 5.82 Å². The Morgan fingerprint density at radius 3 is 2.68 bits per heavy atom. The van der Waals surface area contributed by atoms with E-state index in [4.69, 9.17) is 4.42 Å². The average molecular weight is 520 g/mol. The lowest BCUT2D eigenvalue weighted by atomic mass is 10.1. The third-order valence-electron chi connectivity index (χ3n) is 5.71. The predicted octanol–water partition coefficient (Wildman–Crippen LogP) is 3.85. The van der Waals surface area contributed by atoms with Crippen molar-refractivity contribution in [3.05, 3.63) is 84.1 Å². The molecule has 11 heteroatoms. The zero-order valence-corrected chi connectivity index (χ0v) is 20.3. The molecule has 1 atom stereocenters. The summed E-state index contributed by atoms with van der Waals surface area (Å²) in [4.78, 5) is 48.7. The molecule has 37 heavy (non-hydrogen) atoms. The first-order valence-electron chi connectivity index (χ1n) is 11.6. The quantitative estimate of drug-likeness (QED) is 0.469. The van der Waals surface area contributed by atoms with E-state index in [0.29, 0.717) is 28.0 Å². The number of rotatable bonds is 8. The molecule has 0 bridgehead atoms. The summed E-state index contributed by atoms with van der Waals surface area (Å²) in [5.74, 6) is -0.528. The number of hydrogen-bond acceptors (Lipinski definition) is 7. The number of carbonyl (C=O) groups excluding carboxylic acids is 3. The maximum atomic E-state index is 13.9. The monoisotopic (exact) mass is 519 g/mol. The van der Waals surface area contributed by atoms with Crippen LogP contribution < -0.4 is 10.6 Å². The number of amides is 3. The number of thioether (sulfide) groups is 1. The molecule has 188 valence electrons. The summed E-state index contributed by atoms with van der Waals surface area (Å²) in [7, 11) is 0. The molecule has 3 heterocycles. The van der Waals surface area contributed by atoms with Crippen LogP contribution in [0.5, 0.6) is 0 Å². The summed E-state index contributed by atoms with van der Waals surface area (Å²) >= 11 is 1.06. The Balaban J connectivity index is 1.26. The van der Waals surface area contributed by atoms with E-state index in [2.05, 4.69) is 20.6 Å². The van der Waals surface area contributed by atoms with Crippen LogP contribution in [-0.2, 0) is 20.9 Å². The van der Waals surface area contributed by atoms with Crippen molar-refractivity contribution in [3.63, 3.8) is 0 Å². The fourth-order valence-electron chi connectivity index (χ4n) is 3.92. The number of nitrogens with zero attached hydrogens (tertiary/aromatic N) is 3. The van der Waals surface area contributed by atoms with Crippen molar-refractivity contribution in [2.75, 3.05) is 11.1 Å². The molecule has 0 fully saturated rings. The van der Waals surface area contributed by atoms with Gasteiger partial charge in [0.1, 0.15) is 23.5 Å². The largest absolute Gasteiger partial charge is 0.467 e. The van der Waals surface area contributed by atoms with Crippen LogP contribution in [0.4, 0.5) is 15.8 Å². The third-order valence-corrected chi connectivity index (χ3v) is 6.65. The smallest absolute Gasteiger partial charge is 0.259 e. The van der Waals surface area contributed by atoms with Crippen molar-refractivity contribution in [2.45, 2.75) is 25.4 Å². The van der Waals surface area contributed by atoms with Crippen LogP contribution >= 0.6 is 11.8 Å². The molecule has 5 rings (SSSR count). The highest BCUT2D eigenvalue weighted by Gasteiger charge is 2.41. The molecule has 0 spiro atoms. The Morgan fingerprint density at radius 1 is 1.05 bits per heavy atom. The van der Waals surface area contributed by atoms with Crippen molar-refractivity contribution in [3.8, 4) is 0 Å². The molecule has 3 aromatic rings. The Hall–Kier alpha value is -4.25. The van der Waals surface area contributed by atoms with E-state index in [1.165, 1.54) is 29.4 Å². The first-order valence-corrected chi connectivity index (χ1v) is 12.5. The second-order valence-electron chi connectivity index (χ2n) is 8.27. The molecule has 0 unspecified atom stereocenters. The summed E-state index contributed by atoms with van der Waals surface area (Å²) in [5, 5.41) is 5.59. The lowest BCUT2D eigenvalue weighted by molar-refractivity contribution is -0.125. The second-order valence-corrected chi connectivity index (χ2v) is 9.21. The molecule has 2 N–H and O–H groups in total. The van der Waals surface area contributed by atoms with Gasteiger partial charge in [0.2, 0.25) is 11.8 Å². The first-order chi connectivity index (χ1) is 18.0. The molecule has 0 aliphatic carbocycles. The number of fused-ring (bicyclic) bond motifs is 3. The standard InChI is InChI=1S/C26H22FN5O4S/c27-18-8-2-4-10-20(18)29-23(34)15-37-26-31-19-9-3-1-7-17(19)24-30-21(25(35)32(24)26)11-12-22(33)28-14-16-6-5-13-36-16/h1-10,13,21H,11-12,14-15H2,(H,28,33)(H,29,34)/t21-/m0/s1. The number of anilines is 1. The molecular formula is C26H22FN5O4S. The minimum Gasteiger partial charge on any atom is -0.467 e. The Kier molecular flexibility index (Phi) is 7.13. The topological polar surface area (TPSA) is 116 Å². The summed E-state index contributed by atoms with van der Waals surface area (Å²) in [6.07, 6.45) is 1.86. The van der Waals surface area contributed by atoms with Crippen LogP contribution in [0.1, 0.15) is 24.2 Å². The van der Waals surface area contributed by atoms with E-state index in [9.17, 15) is 18.8 Å². The molecule has 9 nitrogen and oxygen atoms in total. The van der Waals surface area contributed by atoms with E-state index >= 15 is 0 Å². The maximum Gasteiger partial charge on any atom is 0.259 e. The Labute approximate surface area is 215 Å². The van der Waals surface area contributed by atoms with Gasteiger partial charge in [-0.25, -0.2) is 14.3 Å². The van der Waals surface area contributed by atoms with E-state index in [1.54, 1.807) is 24.3 Å². The van der Waals surface area contributed by atoms with E-state index < -0.39 is 17.8 Å². The van der Waals surface area contributed by atoms with Crippen molar-refractivity contribution in [2.24, 2.45) is 9.98 Å². The molecule has 2 aliphatic rings. The van der Waals surface area contributed by atoms with Gasteiger partial charge in [-0.15, -0.1) is 0 Å². The van der Waals surface area contributed by atoms with Gasteiger partial charge in [-0.3, -0.25) is 19.4 Å². The SMILES string of the molecule is O=C(CC[C@@H]1N=C2c3ccccc3N=C(SCC(=O)Nc3ccccc3F)N2C1=O)NCc1ccco1. The predicted molar refractivity (Wildman–Crippen MR) is 138 cm³/mol. The molecule has 0 radical (unpaired) electrons. The normalized spacial score (nSPS) is 16.0. The van der Waals surface area contributed by atoms with Gasteiger partial charge in [0.25, 0.3) is 5.91 Å². The van der Waals surface area contributed by atoms with Crippen molar-refractivity contribution >= 4 is 51.9 Å². The molecule has 0 saturated heterocycles. The number of para-hydroxylation sites is 2. The fraction of sp³-hybridized carbons (Fsp3) is 0.192. The summed E-state index contributed by atoms with van der Waals surface area (Å²) < 4.78 is 19.1. The third kappa shape index (κ3) is 5.46. The Morgan fingerprint density at radius 2 is 1.86 bits per heavy atom. The summed E-state index contributed by atoms with van der Waals surface area (Å²) in [5.41, 5.74) is 1.40. The molecule has 1 aromatic heterocycles. The van der Waals surface area contributed by atoms with Crippen LogP contribution in [0.15, 0.2) is 81.3 Å². The molecule has 0 saturated carbocycles. The number of nitrogens with one attached hydrogen (secondary N) is 2. The van der Waals surface area contributed by atoms with E-state index in [1.807, 2.05) is 18.2 Å². The van der Waals surface area contributed by atoms with Crippen LogP contribution in [0.25, 0.3) is 0 Å². The molecule has 2 aliphatic heterocycles. The Bertz CT molecular complexity index is 1410. The summed E-state index contributed by atoms with van der Waals surface area (Å²) in [6, 6.07) is 15.9. The van der Waals surface area contributed by atoms with Gasteiger partial charge < -0.3 is 15.1 Å².